The minimum Gasteiger partial charge on any atom is -0.491 e. The van der Waals surface area contributed by atoms with Crippen molar-refractivity contribution in [3.05, 3.63) is 65.2 Å². The molecule has 0 aliphatic carbocycles. The van der Waals surface area contributed by atoms with Crippen LogP contribution in [0.25, 0.3) is 6.08 Å². The molecule has 0 bridgehead atoms. The summed E-state index contributed by atoms with van der Waals surface area (Å²) in [6.07, 6.45) is 1.77. The van der Waals surface area contributed by atoms with Crippen molar-refractivity contribution in [1.29, 1.82) is 0 Å². The average Bonchev–Trinajstić information content (AvgIpc) is 2.58. The van der Waals surface area contributed by atoms with Gasteiger partial charge in [-0.2, -0.15) is 0 Å². The fraction of sp³-hybridized carbons (Fsp3) is 0.167. The molecule has 2 rings (SSSR count). The Labute approximate surface area is 144 Å². The van der Waals surface area contributed by atoms with Gasteiger partial charge < -0.3 is 19.7 Å². The van der Waals surface area contributed by atoms with Crippen LogP contribution in [0, 0.1) is 0 Å². The fourth-order valence-electron chi connectivity index (χ4n) is 1.81. The number of carboxylic acids is 1. The normalized spacial score (nSPS) is 12.1. The molecule has 126 valence electrons. The van der Waals surface area contributed by atoms with Gasteiger partial charge in [-0.05, 0) is 48.0 Å². The van der Waals surface area contributed by atoms with E-state index < -0.39 is 12.1 Å². The molecule has 0 aliphatic heterocycles. The molecule has 0 radical (unpaired) electrons. The first-order valence-corrected chi connectivity index (χ1v) is 7.61. The fourth-order valence-corrected chi connectivity index (χ4v) is 1.93. The third-order valence-electron chi connectivity index (χ3n) is 3.00. The number of halogens is 1. The maximum absolute atomic E-state index is 10.4. The van der Waals surface area contributed by atoms with E-state index in [0.717, 1.165) is 11.6 Å². The lowest BCUT2D eigenvalue weighted by atomic mass is 10.2. The van der Waals surface area contributed by atoms with Crippen molar-refractivity contribution >= 4 is 23.6 Å². The summed E-state index contributed by atoms with van der Waals surface area (Å²) >= 11 is 5.78. The van der Waals surface area contributed by atoms with Gasteiger partial charge in [0, 0.05) is 11.1 Å². The SMILES string of the molecule is O=C(O)C=Cc1ccc(OCC(O)COc2ccc(Cl)cc2)cc1. The highest BCUT2D eigenvalue weighted by Crippen LogP contribution is 2.16. The van der Waals surface area contributed by atoms with Crippen molar-refractivity contribution in [2.24, 2.45) is 0 Å². The lowest BCUT2D eigenvalue weighted by molar-refractivity contribution is -0.131. The third-order valence-corrected chi connectivity index (χ3v) is 3.25. The third kappa shape index (κ3) is 6.32. The van der Waals surface area contributed by atoms with E-state index in [-0.39, 0.29) is 13.2 Å². The summed E-state index contributed by atoms with van der Waals surface area (Å²) in [7, 11) is 0. The molecule has 0 saturated heterocycles. The van der Waals surface area contributed by atoms with Crippen LogP contribution in [0.3, 0.4) is 0 Å². The predicted octanol–water partition coefficient (Wildman–Crippen LogP) is 3.26. The Morgan fingerprint density at radius 1 is 1.00 bits per heavy atom. The second kappa shape index (κ2) is 8.96. The van der Waals surface area contributed by atoms with Crippen LogP contribution in [0.4, 0.5) is 0 Å². The van der Waals surface area contributed by atoms with Crippen LogP contribution >= 0.6 is 11.6 Å². The van der Waals surface area contributed by atoms with Crippen molar-refractivity contribution in [2.75, 3.05) is 13.2 Å². The molecule has 0 amide bonds. The summed E-state index contributed by atoms with van der Waals surface area (Å²) in [6, 6.07) is 13.7. The number of aliphatic hydroxyl groups is 1. The molecule has 2 N–H and O–H groups in total. The Morgan fingerprint density at radius 2 is 1.50 bits per heavy atom. The van der Waals surface area contributed by atoms with E-state index in [1.165, 1.54) is 6.08 Å². The summed E-state index contributed by atoms with van der Waals surface area (Å²) in [5, 5.41) is 19.1. The zero-order valence-electron chi connectivity index (χ0n) is 12.8. The molecule has 0 aromatic heterocycles. The lowest BCUT2D eigenvalue weighted by Gasteiger charge is -2.13. The summed E-state index contributed by atoms with van der Waals surface area (Å²) in [6.45, 7) is 0.180. The summed E-state index contributed by atoms with van der Waals surface area (Å²) in [5.41, 5.74) is 0.747. The molecule has 1 atom stereocenters. The van der Waals surface area contributed by atoms with E-state index >= 15 is 0 Å². The number of hydrogen-bond donors (Lipinski definition) is 2. The van der Waals surface area contributed by atoms with Gasteiger partial charge >= 0.3 is 5.97 Å². The summed E-state index contributed by atoms with van der Waals surface area (Å²) in [4.78, 5) is 10.4. The lowest BCUT2D eigenvalue weighted by Crippen LogP contribution is -2.25. The van der Waals surface area contributed by atoms with Crippen LogP contribution in [-0.2, 0) is 4.79 Å². The van der Waals surface area contributed by atoms with Crippen LogP contribution in [0.15, 0.2) is 54.6 Å². The predicted molar refractivity (Wildman–Crippen MR) is 91.6 cm³/mol. The molecule has 2 aromatic rings. The quantitative estimate of drug-likeness (QED) is 0.716. The monoisotopic (exact) mass is 348 g/mol. The molecule has 1 unspecified atom stereocenters. The largest absolute Gasteiger partial charge is 0.491 e. The molecule has 0 fully saturated rings. The molecule has 24 heavy (non-hydrogen) atoms. The number of rotatable bonds is 8. The molecule has 0 saturated carbocycles. The molecule has 0 spiro atoms. The summed E-state index contributed by atoms with van der Waals surface area (Å²) in [5.74, 6) is 0.195. The minimum absolute atomic E-state index is 0.0813. The van der Waals surface area contributed by atoms with Gasteiger partial charge in [0.2, 0.25) is 0 Å². The van der Waals surface area contributed by atoms with E-state index in [4.69, 9.17) is 26.2 Å². The molecule has 5 nitrogen and oxygen atoms in total. The van der Waals surface area contributed by atoms with E-state index in [1.54, 1.807) is 48.5 Å². The second-order valence-electron chi connectivity index (χ2n) is 4.97. The Hall–Kier alpha value is -2.50. The maximum Gasteiger partial charge on any atom is 0.328 e. The van der Waals surface area contributed by atoms with Gasteiger partial charge in [0.15, 0.2) is 0 Å². The minimum atomic E-state index is -1.00. The summed E-state index contributed by atoms with van der Waals surface area (Å²) < 4.78 is 10.9. The highest BCUT2D eigenvalue weighted by molar-refractivity contribution is 6.30. The Kier molecular flexibility index (Phi) is 6.66. The molecular weight excluding hydrogens is 332 g/mol. The van der Waals surface area contributed by atoms with Crippen LogP contribution in [0.5, 0.6) is 11.5 Å². The van der Waals surface area contributed by atoms with Crippen molar-refractivity contribution in [2.45, 2.75) is 6.10 Å². The van der Waals surface area contributed by atoms with Gasteiger partial charge in [-0.25, -0.2) is 4.79 Å². The van der Waals surface area contributed by atoms with Crippen LogP contribution in [0.1, 0.15) is 5.56 Å². The van der Waals surface area contributed by atoms with Gasteiger partial charge in [-0.15, -0.1) is 0 Å². The zero-order chi connectivity index (χ0) is 17.4. The van der Waals surface area contributed by atoms with Crippen LogP contribution in [-0.4, -0.2) is 35.5 Å². The number of carboxylic acid groups (broad SMARTS) is 1. The van der Waals surface area contributed by atoms with Crippen molar-refractivity contribution in [3.8, 4) is 11.5 Å². The average molecular weight is 349 g/mol. The molecule has 0 aliphatic rings. The number of carbonyl (C=O) groups is 1. The molecule has 2 aromatic carbocycles. The van der Waals surface area contributed by atoms with Crippen LogP contribution < -0.4 is 9.47 Å². The maximum atomic E-state index is 10.4. The van der Waals surface area contributed by atoms with E-state index in [0.29, 0.717) is 16.5 Å². The Bertz CT molecular complexity index is 680. The van der Waals surface area contributed by atoms with Gasteiger partial charge in [0.05, 0.1) is 0 Å². The van der Waals surface area contributed by atoms with E-state index in [9.17, 15) is 9.90 Å². The first kappa shape index (κ1) is 17.8. The molecule has 6 heteroatoms. The number of ether oxygens (including phenoxy) is 2. The van der Waals surface area contributed by atoms with Gasteiger partial charge in [0.1, 0.15) is 30.8 Å². The zero-order valence-corrected chi connectivity index (χ0v) is 13.5. The van der Waals surface area contributed by atoms with Gasteiger partial charge in [0.25, 0.3) is 0 Å². The highest BCUT2D eigenvalue weighted by atomic mass is 35.5. The number of aliphatic hydroxyl groups excluding tert-OH is 1. The van der Waals surface area contributed by atoms with Crippen molar-refractivity contribution < 1.29 is 24.5 Å². The molecular formula is C18H17ClO5. The first-order valence-electron chi connectivity index (χ1n) is 7.23. The van der Waals surface area contributed by atoms with Crippen molar-refractivity contribution in [3.63, 3.8) is 0 Å². The topological polar surface area (TPSA) is 76.0 Å². The Morgan fingerprint density at radius 3 is 2.00 bits per heavy atom. The van der Waals surface area contributed by atoms with Crippen LogP contribution in [0.2, 0.25) is 5.02 Å². The second-order valence-corrected chi connectivity index (χ2v) is 5.41. The van der Waals surface area contributed by atoms with E-state index in [2.05, 4.69) is 0 Å². The number of benzene rings is 2. The first-order chi connectivity index (χ1) is 11.5. The van der Waals surface area contributed by atoms with Gasteiger partial charge in [-0.1, -0.05) is 23.7 Å². The molecule has 0 heterocycles. The standard InChI is InChI=1S/C18H17ClO5/c19-14-4-8-17(9-5-14)24-12-15(20)11-23-16-6-1-13(2-7-16)3-10-18(21)22/h1-10,15,20H,11-12H2,(H,21,22). The van der Waals surface area contributed by atoms with Gasteiger partial charge in [-0.3, -0.25) is 0 Å². The number of hydrogen-bond acceptors (Lipinski definition) is 4. The highest BCUT2D eigenvalue weighted by Gasteiger charge is 2.07. The number of aliphatic carboxylic acids is 1. The van der Waals surface area contributed by atoms with Crippen molar-refractivity contribution in [1.82, 2.24) is 0 Å². The smallest absolute Gasteiger partial charge is 0.328 e. The van der Waals surface area contributed by atoms with E-state index in [1.807, 2.05) is 0 Å². The Balaban J connectivity index is 1.75.